The van der Waals surface area contributed by atoms with E-state index < -0.39 is 6.09 Å². The van der Waals surface area contributed by atoms with E-state index in [0.29, 0.717) is 31.2 Å². The zero-order chi connectivity index (χ0) is 19.8. The smallest absolute Gasteiger partial charge is 0.409 e. The highest BCUT2D eigenvalue weighted by Gasteiger charge is 2.26. The molecule has 0 bridgehead atoms. The van der Waals surface area contributed by atoms with Gasteiger partial charge >= 0.3 is 12.2 Å². The number of hydrogen-bond acceptors (Lipinski definition) is 6. The molecule has 1 aromatic heterocycles. The Bertz CT molecular complexity index is 655. The summed E-state index contributed by atoms with van der Waals surface area (Å²) in [6, 6.07) is 3.23. The van der Waals surface area contributed by atoms with Crippen LogP contribution in [0.1, 0.15) is 44.2 Å². The number of likely N-dealkylation sites (tertiary alicyclic amines) is 1. The molecular weight excluding hydrogens is 362 g/mol. The summed E-state index contributed by atoms with van der Waals surface area (Å²) in [5.41, 5.74) is 0.548. The first-order valence-electron chi connectivity index (χ1n) is 10.1. The van der Waals surface area contributed by atoms with Crippen molar-refractivity contribution >= 4 is 12.2 Å². The lowest BCUT2D eigenvalue weighted by atomic mass is 9.88. The Hall–Kier alpha value is -2.51. The van der Waals surface area contributed by atoms with Gasteiger partial charge in [0.25, 0.3) is 0 Å². The van der Waals surface area contributed by atoms with Gasteiger partial charge in [0.05, 0.1) is 12.3 Å². The Kier molecular flexibility index (Phi) is 7.33. The number of carbonyl (C=O) groups excluding carboxylic acids is 2. The molecule has 1 aliphatic carbocycles. The van der Waals surface area contributed by atoms with E-state index in [2.05, 4.69) is 10.3 Å². The van der Waals surface area contributed by atoms with E-state index in [1.165, 1.54) is 0 Å². The minimum Gasteiger partial charge on any atom is -0.506 e. The number of ether oxygens (including phenoxy) is 2. The molecule has 0 radical (unpaired) electrons. The lowest BCUT2D eigenvalue weighted by Gasteiger charge is -2.28. The Morgan fingerprint density at radius 3 is 2.68 bits per heavy atom. The van der Waals surface area contributed by atoms with Crippen molar-refractivity contribution in [1.82, 2.24) is 15.2 Å². The summed E-state index contributed by atoms with van der Waals surface area (Å²) in [6.07, 6.45) is 6.74. The number of pyridine rings is 1. The molecule has 2 fully saturated rings. The normalized spacial score (nSPS) is 21.9. The molecule has 0 atom stereocenters. The number of aromatic nitrogens is 1. The van der Waals surface area contributed by atoms with Crippen LogP contribution in [0.15, 0.2) is 18.3 Å². The number of aromatic hydroxyl groups is 1. The second kappa shape index (κ2) is 10.1. The first-order chi connectivity index (χ1) is 13.6. The van der Waals surface area contributed by atoms with Gasteiger partial charge in [-0.15, -0.1) is 0 Å². The SMILES string of the molecule is O=C(NCCc1ncccc1O)OC1CCC(COC(=O)N2CCCC2)CC1. The lowest BCUT2D eigenvalue weighted by molar-refractivity contribution is 0.0445. The van der Waals surface area contributed by atoms with Crippen LogP contribution in [-0.4, -0.2) is 59.5 Å². The molecule has 1 saturated heterocycles. The molecule has 0 unspecified atom stereocenters. The van der Waals surface area contributed by atoms with Gasteiger partial charge in [-0.2, -0.15) is 0 Å². The summed E-state index contributed by atoms with van der Waals surface area (Å²) in [5.74, 6) is 0.461. The average molecular weight is 391 g/mol. The fourth-order valence-corrected chi connectivity index (χ4v) is 3.69. The van der Waals surface area contributed by atoms with Crippen molar-refractivity contribution in [2.45, 2.75) is 51.0 Å². The molecule has 2 aliphatic rings. The van der Waals surface area contributed by atoms with Gasteiger partial charge in [-0.1, -0.05) is 0 Å². The summed E-state index contributed by atoms with van der Waals surface area (Å²) < 4.78 is 10.9. The van der Waals surface area contributed by atoms with Crippen LogP contribution in [0.4, 0.5) is 9.59 Å². The number of alkyl carbamates (subject to hydrolysis) is 1. The van der Waals surface area contributed by atoms with Crippen molar-refractivity contribution in [3.63, 3.8) is 0 Å². The van der Waals surface area contributed by atoms with Crippen LogP contribution in [0.3, 0.4) is 0 Å². The van der Waals surface area contributed by atoms with E-state index in [9.17, 15) is 14.7 Å². The van der Waals surface area contributed by atoms with Crippen LogP contribution in [0.2, 0.25) is 0 Å². The summed E-state index contributed by atoms with van der Waals surface area (Å²) in [4.78, 5) is 29.7. The molecule has 2 N–H and O–H groups in total. The lowest BCUT2D eigenvalue weighted by Crippen LogP contribution is -2.34. The van der Waals surface area contributed by atoms with E-state index in [1.54, 1.807) is 23.2 Å². The third-order valence-electron chi connectivity index (χ3n) is 5.37. The molecule has 154 valence electrons. The van der Waals surface area contributed by atoms with E-state index in [4.69, 9.17) is 9.47 Å². The van der Waals surface area contributed by atoms with E-state index in [1.807, 2.05) is 0 Å². The highest BCUT2D eigenvalue weighted by Crippen LogP contribution is 2.27. The molecule has 1 aliphatic heterocycles. The van der Waals surface area contributed by atoms with Crippen molar-refractivity contribution in [1.29, 1.82) is 0 Å². The highest BCUT2D eigenvalue weighted by atomic mass is 16.6. The fourth-order valence-electron chi connectivity index (χ4n) is 3.69. The monoisotopic (exact) mass is 391 g/mol. The van der Waals surface area contributed by atoms with Gasteiger partial charge in [-0.25, -0.2) is 9.59 Å². The first-order valence-corrected chi connectivity index (χ1v) is 10.1. The number of nitrogens with one attached hydrogen (secondary N) is 1. The van der Waals surface area contributed by atoms with Gasteiger partial charge in [0.2, 0.25) is 0 Å². The van der Waals surface area contributed by atoms with Crippen LogP contribution < -0.4 is 5.32 Å². The van der Waals surface area contributed by atoms with Crippen LogP contribution >= 0.6 is 0 Å². The van der Waals surface area contributed by atoms with Crippen LogP contribution in [0, 0.1) is 5.92 Å². The summed E-state index contributed by atoms with van der Waals surface area (Å²) in [6.45, 7) is 2.40. The minimum atomic E-state index is -0.445. The van der Waals surface area contributed by atoms with Crippen molar-refractivity contribution in [3.05, 3.63) is 24.0 Å². The molecule has 1 aromatic rings. The minimum absolute atomic E-state index is 0.103. The summed E-state index contributed by atoms with van der Waals surface area (Å²) in [5, 5.41) is 12.4. The molecule has 3 rings (SSSR count). The van der Waals surface area contributed by atoms with Gasteiger partial charge in [0.1, 0.15) is 11.9 Å². The second-order valence-corrected chi connectivity index (χ2v) is 7.47. The van der Waals surface area contributed by atoms with Crippen LogP contribution in [0.25, 0.3) is 0 Å². The van der Waals surface area contributed by atoms with Crippen LogP contribution in [0.5, 0.6) is 5.75 Å². The quantitative estimate of drug-likeness (QED) is 0.773. The predicted molar refractivity (Wildman–Crippen MR) is 102 cm³/mol. The van der Waals surface area contributed by atoms with Gasteiger partial charge in [-0.05, 0) is 56.6 Å². The van der Waals surface area contributed by atoms with Crippen molar-refractivity contribution < 1.29 is 24.2 Å². The third kappa shape index (κ3) is 6.00. The molecule has 1 saturated carbocycles. The molecule has 0 aromatic carbocycles. The zero-order valence-electron chi connectivity index (χ0n) is 16.1. The number of nitrogens with zero attached hydrogens (tertiary/aromatic N) is 2. The van der Waals surface area contributed by atoms with Gasteiger partial charge in [0.15, 0.2) is 0 Å². The topological polar surface area (TPSA) is 101 Å². The van der Waals surface area contributed by atoms with Crippen molar-refractivity contribution in [2.75, 3.05) is 26.2 Å². The van der Waals surface area contributed by atoms with Gasteiger partial charge in [0, 0.05) is 32.3 Å². The standard InChI is InChI=1S/C20H29N3O5/c24-18-4-3-10-21-17(18)9-11-22-19(25)28-16-7-5-15(6-8-16)14-27-20(26)23-12-1-2-13-23/h3-4,10,15-16,24H,1-2,5-9,11-14H2,(H,22,25). The fraction of sp³-hybridized carbons (Fsp3) is 0.650. The molecule has 8 nitrogen and oxygen atoms in total. The Labute approximate surface area is 165 Å². The van der Waals surface area contributed by atoms with E-state index in [-0.39, 0.29) is 17.9 Å². The van der Waals surface area contributed by atoms with Gasteiger partial charge in [-0.3, -0.25) is 4.98 Å². The molecule has 2 heterocycles. The summed E-state index contributed by atoms with van der Waals surface area (Å²) in [7, 11) is 0. The Morgan fingerprint density at radius 2 is 1.96 bits per heavy atom. The summed E-state index contributed by atoms with van der Waals surface area (Å²) >= 11 is 0. The second-order valence-electron chi connectivity index (χ2n) is 7.47. The molecule has 28 heavy (non-hydrogen) atoms. The highest BCUT2D eigenvalue weighted by molar-refractivity contribution is 5.68. The molecule has 0 spiro atoms. The number of rotatable bonds is 6. The molecule has 8 heteroatoms. The van der Waals surface area contributed by atoms with Crippen molar-refractivity contribution in [2.24, 2.45) is 5.92 Å². The maximum Gasteiger partial charge on any atom is 0.409 e. The third-order valence-corrected chi connectivity index (χ3v) is 5.37. The molecule has 2 amide bonds. The first kappa shape index (κ1) is 20.2. The van der Waals surface area contributed by atoms with E-state index in [0.717, 1.165) is 51.6 Å². The Morgan fingerprint density at radius 1 is 1.21 bits per heavy atom. The Balaban J connectivity index is 1.28. The van der Waals surface area contributed by atoms with Gasteiger partial charge < -0.3 is 24.8 Å². The molecular formula is C20H29N3O5. The number of carbonyl (C=O) groups is 2. The number of hydrogen-bond donors (Lipinski definition) is 2. The van der Waals surface area contributed by atoms with Crippen LogP contribution in [-0.2, 0) is 15.9 Å². The maximum absolute atomic E-state index is 11.9. The van der Waals surface area contributed by atoms with E-state index >= 15 is 0 Å². The predicted octanol–water partition coefficient (Wildman–Crippen LogP) is 2.85. The van der Waals surface area contributed by atoms with Crippen molar-refractivity contribution in [3.8, 4) is 5.75 Å². The number of amides is 2. The average Bonchev–Trinajstić information content (AvgIpc) is 3.24. The zero-order valence-corrected chi connectivity index (χ0v) is 16.1. The maximum atomic E-state index is 11.9. The largest absolute Gasteiger partial charge is 0.506 e.